The standard InChI is InChI=1S/C28H33N7/c1-3-8-21(4-2)24-14-15-25-28(33-24)35(27(34-25)23-9-7-18-32-26(23)30)22-12-10-20(11-13-22)19-31-17-6-5-16-29/h3-4,7-15,18,31H,5-6,16-17,19,29H2,1-2H3,(H2,30,32)/b8-3-,21-4+. The number of anilines is 1. The number of imidazole rings is 1. The van der Waals surface area contributed by atoms with Crippen molar-refractivity contribution in [3.63, 3.8) is 0 Å². The van der Waals surface area contributed by atoms with Crippen molar-refractivity contribution in [2.24, 2.45) is 5.73 Å². The molecule has 3 aromatic heterocycles. The van der Waals surface area contributed by atoms with Crippen LogP contribution in [0.1, 0.15) is 37.9 Å². The molecule has 0 atom stereocenters. The lowest BCUT2D eigenvalue weighted by atomic mass is 10.1. The van der Waals surface area contributed by atoms with Crippen LogP contribution in [0.5, 0.6) is 0 Å². The Bertz CT molecular complexity index is 1330. The molecular weight excluding hydrogens is 434 g/mol. The Morgan fingerprint density at radius 3 is 2.57 bits per heavy atom. The number of pyridine rings is 2. The summed E-state index contributed by atoms with van der Waals surface area (Å²) in [5.41, 5.74) is 18.3. The number of aromatic nitrogens is 4. The van der Waals surface area contributed by atoms with Gasteiger partial charge >= 0.3 is 0 Å². The Kier molecular flexibility index (Phi) is 8.03. The van der Waals surface area contributed by atoms with Crippen LogP contribution in [-0.4, -0.2) is 32.6 Å². The zero-order chi connectivity index (χ0) is 24.6. The number of hydrogen-bond donors (Lipinski definition) is 3. The number of nitrogen functional groups attached to an aromatic ring is 1. The highest BCUT2D eigenvalue weighted by molar-refractivity contribution is 5.85. The molecule has 7 nitrogen and oxygen atoms in total. The molecule has 4 aromatic rings. The average Bonchev–Trinajstić information content (AvgIpc) is 3.26. The monoisotopic (exact) mass is 467 g/mol. The summed E-state index contributed by atoms with van der Waals surface area (Å²) in [7, 11) is 0. The molecule has 0 saturated carbocycles. The van der Waals surface area contributed by atoms with Gasteiger partial charge in [0.15, 0.2) is 11.5 Å². The minimum atomic E-state index is 0.436. The zero-order valence-electron chi connectivity index (χ0n) is 20.4. The van der Waals surface area contributed by atoms with Crippen LogP contribution in [-0.2, 0) is 6.54 Å². The summed E-state index contributed by atoms with van der Waals surface area (Å²) in [6.07, 6.45) is 9.95. The third kappa shape index (κ3) is 5.48. The summed E-state index contributed by atoms with van der Waals surface area (Å²) in [5.74, 6) is 1.15. The SMILES string of the molecule is C/C=C\C(=C/C)c1ccc2nc(-c3cccnc3N)n(-c3ccc(CNCCCCN)cc3)c2n1. The number of rotatable bonds is 10. The van der Waals surface area contributed by atoms with Crippen LogP contribution in [0.15, 0.2) is 73.0 Å². The Labute approximate surface area is 206 Å². The maximum atomic E-state index is 6.26. The van der Waals surface area contributed by atoms with E-state index in [-0.39, 0.29) is 0 Å². The Hall–Kier alpha value is -3.81. The van der Waals surface area contributed by atoms with Gasteiger partial charge in [0.05, 0.1) is 11.3 Å². The topological polar surface area (TPSA) is 108 Å². The van der Waals surface area contributed by atoms with Gasteiger partial charge in [0.1, 0.15) is 11.3 Å². The molecule has 0 fully saturated rings. The van der Waals surface area contributed by atoms with Gasteiger partial charge in [-0.25, -0.2) is 15.0 Å². The van der Waals surface area contributed by atoms with Crippen molar-refractivity contribution in [2.45, 2.75) is 33.2 Å². The van der Waals surface area contributed by atoms with E-state index in [1.165, 1.54) is 5.56 Å². The van der Waals surface area contributed by atoms with E-state index < -0.39 is 0 Å². The highest BCUT2D eigenvalue weighted by atomic mass is 15.1. The number of unbranched alkanes of at least 4 members (excludes halogenated alkanes) is 1. The number of benzene rings is 1. The van der Waals surface area contributed by atoms with Gasteiger partial charge in [-0.2, -0.15) is 0 Å². The largest absolute Gasteiger partial charge is 0.383 e. The minimum absolute atomic E-state index is 0.436. The van der Waals surface area contributed by atoms with E-state index in [0.29, 0.717) is 5.82 Å². The van der Waals surface area contributed by atoms with Gasteiger partial charge in [0.25, 0.3) is 0 Å². The Morgan fingerprint density at radius 2 is 1.86 bits per heavy atom. The predicted molar refractivity (Wildman–Crippen MR) is 145 cm³/mol. The van der Waals surface area contributed by atoms with Crippen molar-refractivity contribution < 1.29 is 0 Å². The summed E-state index contributed by atoms with van der Waals surface area (Å²) in [6.45, 7) is 6.53. The van der Waals surface area contributed by atoms with Crippen LogP contribution in [0.3, 0.4) is 0 Å². The van der Waals surface area contributed by atoms with Gasteiger partial charge in [-0.1, -0.05) is 30.4 Å². The number of hydrogen-bond acceptors (Lipinski definition) is 6. The maximum Gasteiger partial charge on any atom is 0.165 e. The second kappa shape index (κ2) is 11.6. The summed E-state index contributed by atoms with van der Waals surface area (Å²) in [4.78, 5) is 14.2. The fourth-order valence-corrected chi connectivity index (χ4v) is 4.05. The number of nitrogens with two attached hydrogens (primary N) is 2. The van der Waals surface area contributed by atoms with E-state index in [2.05, 4.69) is 51.3 Å². The van der Waals surface area contributed by atoms with E-state index in [4.69, 9.17) is 21.4 Å². The molecule has 7 heteroatoms. The molecule has 0 aliphatic carbocycles. The third-order valence-corrected chi connectivity index (χ3v) is 5.87. The molecule has 4 rings (SSSR count). The van der Waals surface area contributed by atoms with Crippen molar-refractivity contribution in [1.29, 1.82) is 0 Å². The summed E-state index contributed by atoms with van der Waals surface area (Å²) in [5, 5.41) is 3.48. The van der Waals surface area contributed by atoms with Gasteiger partial charge in [0.2, 0.25) is 0 Å². The fraction of sp³-hybridized carbons (Fsp3) is 0.250. The highest BCUT2D eigenvalue weighted by Crippen LogP contribution is 2.31. The van der Waals surface area contributed by atoms with Gasteiger partial charge in [-0.15, -0.1) is 0 Å². The fourth-order valence-electron chi connectivity index (χ4n) is 4.05. The van der Waals surface area contributed by atoms with E-state index >= 15 is 0 Å². The lowest BCUT2D eigenvalue weighted by Crippen LogP contribution is -2.15. The molecule has 0 bridgehead atoms. The second-order valence-corrected chi connectivity index (χ2v) is 8.33. The van der Waals surface area contributed by atoms with Crippen LogP contribution in [0.4, 0.5) is 5.82 Å². The van der Waals surface area contributed by atoms with Crippen LogP contribution < -0.4 is 16.8 Å². The molecule has 5 N–H and O–H groups in total. The van der Waals surface area contributed by atoms with Gasteiger partial charge in [-0.3, -0.25) is 4.57 Å². The number of nitrogens with one attached hydrogen (secondary N) is 1. The number of allylic oxidation sites excluding steroid dienone is 4. The van der Waals surface area contributed by atoms with Gasteiger partial charge in [-0.05, 0) is 87.3 Å². The third-order valence-electron chi connectivity index (χ3n) is 5.87. The van der Waals surface area contributed by atoms with E-state index in [0.717, 1.165) is 72.0 Å². The second-order valence-electron chi connectivity index (χ2n) is 8.33. The molecule has 0 radical (unpaired) electrons. The first kappa shape index (κ1) is 24.3. The van der Waals surface area contributed by atoms with Gasteiger partial charge < -0.3 is 16.8 Å². The van der Waals surface area contributed by atoms with E-state index in [1.54, 1.807) is 6.20 Å². The Balaban J connectivity index is 1.78. The van der Waals surface area contributed by atoms with Crippen LogP contribution >= 0.6 is 0 Å². The molecule has 0 aliphatic rings. The van der Waals surface area contributed by atoms with Crippen molar-refractivity contribution in [1.82, 2.24) is 24.8 Å². The lowest BCUT2D eigenvalue weighted by molar-refractivity contribution is 0.627. The Morgan fingerprint density at radius 1 is 1.03 bits per heavy atom. The van der Waals surface area contributed by atoms with Crippen LogP contribution in [0.2, 0.25) is 0 Å². The summed E-state index contributed by atoms with van der Waals surface area (Å²) >= 11 is 0. The predicted octanol–water partition coefficient (Wildman–Crippen LogP) is 4.87. The summed E-state index contributed by atoms with van der Waals surface area (Å²) < 4.78 is 2.06. The molecule has 0 amide bonds. The van der Waals surface area contributed by atoms with E-state index in [9.17, 15) is 0 Å². The van der Waals surface area contributed by atoms with Crippen molar-refractivity contribution in [2.75, 3.05) is 18.8 Å². The van der Waals surface area contributed by atoms with Crippen molar-refractivity contribution in [3.05, 3.63) is 84.2 Å². The molecule has 3 heterocycles. The average molecular weight is 468 g/mol. The molecule has 0 aliphatic heterocycles. The number of nitrogens with zero attached hydrogens (tertiary/aromatic N) is 4. The van der Waals surface area contributed by atoms with Crippen molar-refractivity contribution in [3.8, 4) is 17.1 Å². The van der Waals surface area contributed by atoms with Gasteiger partial charge in [0, 0.05) is 18.4 Å². The molecular formula is C28H33N7. The lowest BCUT2D eigenvalue weighted by Gasteiger charge is -2.12. The van der Waals surface area contributed by atoms with Crippen molar-refractivity contribution >= 4 is 22.6 Å². The first-order chi connectivity index (χ1) is 17.2. The quantitative estimate of drug-likeness (QED) is 0.227. The summed E-state index contributed by atoms with van der Waals surface area (Å²) in [6, 6.07) is 16.3. The maximum absolute atomic E-state index is 6.26. The van der Waals surface area contributed by atoms with Crippen LogP contribution in [0.25, 0.3) is 33.8 Å². The number of fused-ring (bicyclic) bond motifs is 1. The molecule has 0 spiro atoms. The smallest absolute Gasteiger partial charge is 0.165 e. The minimum Gasteiger partial charge on any atom is -0.383 e. The molecule has 35 heavy (non-hydrogen) atoms. The first-order valence-electron chi connectivity index (χ1n) is 12.1. The first-order valence-corrected chi connectivity index (χ1v) is 12.1. The molecule has 0 saturated heterocycles. The molecule has 180 valence electrons. The molecule has 0 unspecified atom stereocenters. The molecule has 1 aromatic carbocycles. The highest BCUT2D eigenvalue weighted by Gasteiger charge is 2.18. The van der Waals surface area contributed by atoms with Crippen LogP contribution in [0, 0.1) is 0 Å². The zero-order valence-corrected chi connectivity index (χ0v) is 20.4. The van der Waals surface area contributed by atoms with E-state index in [1.807, 2.05) is 44.2 Å². The normalized spacial score (nSPS) is 12.1.